The Bertz CT molecular complexity index is 857. The van der Waals surface area contributed by atoms with Crippen LogP contribution in [0.4, 0.5) is 13.2 Å². The molecule has 3 aromatic rings. The number of benzene rings is 2. The van der Waals surface area contributed by atoms with E-state index in [0.717, 1.165) is 17.7 Å². The molecule has 0 saturated heterocycles. The number of aromatic nitrogens is 2. The van der Waals surface area contributed by atoms with E-state index in [2.05, 4.69) is 22.0 Å². The van der Waals surface area contributed by atoms with E-state index >= 15 is 0 Å². The summed E-state index contributed by atoms with van der Waals surface area (Å²) in [6.45, 7) is 0. The van der Waals surface area contributed by atoms with Gasteiger partial charge < -0.3 is 4.42 Å². The number of halogens is 3. The van der Waals surface area contributed by atoms with Crippen molar-refractivity contribution >= 4 is 0 Å². The van der Waals surface area contributed by atoms with Gasteiger partial charge in [0.25, 0.3) is 5.89 Å². The maximum absolute atomic E-state index is 12.5. The molecule has 0 unspecified atom stereocenters. The fourth-order valence-corrected chi connectivity index (χ4v) is 1.84. The van der Waals surface area contributed by atoms with Crippen LogP contribution in [-0.4, -0.2) is 10.2 Å². The second kappa shape index (κ2) is 5.97. The van der Waals surface area contributed by atoms with Crippen LogP contribution in [0.15, 0.2) is 59.0 Å². The average molecular weight is 314 g/mol. The molecule has 1 aromatic heterocycles. The van der Waals surface area contributed by atoms with Crippen molar-refractivity contribution < 1.29 is 17.6 Å². The summed E-state index contributed by atoms with van der Waals surface area (Å²) < 4.78 is 42.8. The smallest absolute Gasteiger partial charge is 0.410 e. The summed E-state index contributed by atoms with van der Waals surface area (Å²) in [5.74, 6) is 5.76. The van der Waals surface area contributed by atoms with Crippen LogP contribution in [0, 0.1) is 11.8 Å². The molecule has 0 atom stereocenters. The number of alkyl halides is 3. The van der Waals surface area contributed by atoms with Crippen LogP contribution in [0.5, 0.6) is 0 Å². The van der Waals surface area contributed by atoms with Crippen LogP contribution in [-0.2, 0) is 6.18 Å². The first-order chi connectivity index (χ1) is 11.0. The third kappa shape index (κ3) is 3.58. The molecule has 0 aliphatic heterocycles. The van der Waals surface area contributed by atoms with Crippen LogP contribution in [0.1, 0.15) is 17.0 Å². The lowest BCUT2D eigenvalue weighted by molar-refractivity contribution is -0.137. The first kappa shape index (κ1) is 14.9. The van der Waals surface area contributed by atoms with Gasteiger partial charge in [0.05, 0.1) is 5.56 Å². The summed E-state index contributed by atoms with van der Waals surface area (Å²) >= 11 is 0. The molecule has 0 amide bonds. The fourth-order valence-electron chi connectivity index (χ4n) is 1.84. The number of hydrogen-bond acceptors (Lipinski definition) is 3. The molecule has 3 rings (SSSR count). The monoisotopic (exact) mass is 314 g/mol. The Balaban J connectivity index is 1.79. The van der Waals surface area contributed by atoms with Crippen molar-refractivity contribution in [3.63, 3.8) is 0 Å². The van der Waals surface area contributed by atoms with E-state index in [1.807, 2.05) is 30.3 Å². The second-order valence-electron chi connectivity index (χ2n) is 4.60. The van der Waals surface area contributed by atoms with Crippen molar-refractivity contribution in [1.82, 2.24) is 10.2 Å². The lowest BCUT2D eigenvalue weighted by Gasteiger charge is -2.05. The molecule has 114 valence electrons. The lowest BCUT2D eigenvalue weighted by atomic mass is 10.1. The summed E-state index contributed by atoms with van der Waals surface area (Å²) in [6, 6.07) is 13.7. The summed E-state index contributed by atoms with van der Waals surface area (Å²) in [5.41, 5.74) is 0.479. The van der Waals surface area contributed by atoms with E-state index in [1.165, 1.54) is 12.1 Å². The lowest BCUT2D eigenvalue weighted by Crippen LogP contribution is -2.04. The van der Waals surface area contributed by atoms with E-state index in [1.54, 1.807) is 0 Å². The van der Waals surface area contributed by atoms with Gasteiger partial charge in [-0.25, -0.2) is 0 Å². The van der Waals surface area contributed by atoms with Crippen molar-refractivity contribution in [2.24, 2.45) is 0 Å². The van der Waals surface area contributed by atoms with Gasteiger partial charge in [-0.2, -0.15) is 13.2 Å². The zero-order chi connectivity index (χ0) is 16.3. The van der Waals surface area contributed by atoms with Gasteiger partial charge >= 0.3 is 6.18 Å². The van der Waals surface area contributed by atoms with Crippen molar-refractivity contribution in [2.75, 3.05) is 0 Å². The van der Waals surface area contributed by atoms with Gasteiger partial charge in [0, 0.05) is 11.1 Å². The molecule has 0 radical (unpaired) electrons. The first-order valence-corrected chi connectivity index (χ1v) is 6.60. The standard InChI is InChI=1S/C17H9F3N2O/c18-17(19,20)14-9-6-12(7-10-14)8-11-15-21-22-16(23-15)13-4-2-1-3-5-13/h1-7,9-10H. The molecule has 0 bridgehead atoms. The molecule has 2 aromatic carbocycles. The maximum Gasteiger partial charge on any atom is 0.416 e. The Hall–Kier alpha value is -3.07. The summed E-state index contributed by atoms with van der Waals surface area (Å²) in [6.07, 6.45) is -4.36. The number of rotatable bonds is 1. The topological polar surface area (TPSA) is 38.9 Å². The van der Waals surface area contributed by atoms with Crippen molar-refractivity contribution in [3.8, 4) is 23.3 Å². The number of hydrogen-bond donors (Lipinski definition) is 0. The minimum Gasteiger partial charge on any atom is -0.410 e. The highest BCUT2D eigenvalue weighted by Crippen LogP contribution is 2.28. The Morgan fingerprint density at radius 1 is 0.826 bits per heavy atom. The van der Waals surface area contributed by atoms with E-state index in [-0.39, 0.29) is 5.89 Å². The molecule has 0 aliphatic carbocycles. The third-order valence-corrected chi connectivity index (χ3v) is 2.97. The van der Waals surface area contributed by atoms with Crippen LogP contribution in [0.2, 0.25) is 0 Å². The zero-order valence-electron chi connectivity index (χ0n) is 11.6. The molecule has 23 heavy (non-hydrogen) atoms. The Labute approximate surface area is 129 Å². The van der Waals surface area contributed by atoms with Crippen molar-refractivity contribution in [3.05, 3.63) is 71.6 Å². The Morgan fingerprint density at radius 3 is 2.17 bits per heavy atom. The third-order valence-electron chi connectivity index (χ3n) is 2.97. The molecule has 0 N–H and O–H groups in total. The van der Waals surface area contributed by atoms with Crippen LogP contribution >= 0.6 is 0 Å². The van der Waals surface area contributed by atoms with Gasteiger partial charge in [-0.3, -0.25) is 0 Å². The molecule has 3 nitrogen and oxygen atoms in total. The molecular formula is C17H9F3N2O. The van der Waals surface area contributed by atoms with Gasteiger partial charge in [0.2, 0.25) is 5.89 Å². The van der Waals surface area contributed by atoms with E-state index in [9.17, 15) is 13.2 Å². The molecule has 1 heterocycles. The minimum atomic E-state index is -4.36. The SMILES string of the molecule is FC(F)(F)c1ccc(C#Cc2nnc(-c3ccccc3)o2)cc1. The van der Waals surface area contributed by atoms with Crippen molar-refractivity contribution in [1.29, 1.82) is 0 Å². The molecule has 0 aliphatic rings. The normalized spacial score (nSPS) is 10.9. The van der Waals surface area contributed by atoms with Gasteiger partial charge in [-0.1, -0.05) is 29.2 Å². The predicted octanol–water partition coefficient (Wildman–Crippen LogP) is 4.16. The minimum absolute atomic E-state index is 0.101. The molecule has 0 fully saturated rings. The predicted molar refractivity (Wildman–Crippen MR) is 77.2 cm³/mol. The second-order valence-corrected chi connectivity index (χ2v) is 4.60. The average Bonchev–Trinajstić information content (AvgIpc) is 3.02. The first-order valence-electron chi connectivity index (χ1n) is 6.60. The summed E-state index contributed by atoms with van der Waals surface area (Å²) in [5, 5.41) is 7.67. The summed E-state index contributed by atoms with van der Waals surface area (Å²) in [7, 11) is 0. The van der Waals surface area contributed by atoms with Gasteiger partial charge in [-0.15, -0.1) is 5.10 Å². The van der Waals surface area contributed by atoms with E-state index in [4.69, 9.17) is 4.42 Å². The van der Waals surface area contributed by atoms with Gasteiger partial charge in [0.15, 0.2) is 0 Å². The Kier molecular flexibility index (Phi) is 3.85. The maximum atomic E-state index is 12.5. The molecule has 6 heteroatoms. The highest BCUT2D eigenvalue weighted by atomic mass is 19.4. The zero-order valence-corrected chi connectivity index (χ0v) is 11.6. The molecule has 0 saturated carbocycles. The highest BCUT2D eigenvalue weighted by molar-refractivity contribution is 5.52. The fraction of sp³-hybridized carbons (Fsp3) is 0.0588. The number of nitrogens with zero attached hydrogens (tertiary/aromatic N) is 2. The van der Waals surface area contributed by atoms with Crippen LogP contribution < -0.4 is 0 Å². The largest absolute Gasteiger partial charge is 0.416 e. The van der Waals surface area contributed by atoms with E-state index in [0.29, 0.717) is 11.5 Å². The molecule has 0 spiro atoms. The highest BCUT2D eigenvalue weighted by Gasteiger charge is 2.29. The van der Waals surface area contributed by atoms with E-state index < -0.39 is 11.7 Å². The van der Waals surface area contributed by atoms with Gasteiger partial charge in [0.1, 0.15) is 0 Å². The van der Waals surface area contributed by atoms with Crippen LogP contribution in [0.25, 0.3) is 11.5 Å². The van der Waals surface area contributed by atoms with Gasteiger partial charge in [-0.05, 0) is 42.3 Å². The van der Waals surface area contributed by atoms with Crippen molar-refractivity contribution in [2.45, 2.75) is 6.18 Å². The quantitative estimate of drug-likeness (QED) is 0.633. The Morgan fingerprint density at radius 2 is 1.52 bits per heavy atom. The molecular weight excluding hydrogens is 305 g/mol. The van der Waals surface area contributed by atoms with Crippen LogP contribution in [0.3, 0.4) is 0 Å². The summed E-state index contributed by atoms with van der Waals surface area (Å²) in [4.78, 5) is 0.